The summed E-state index contributed by atoms with van der Waals surface area (Å²) in [4.78, 5) is 4.13. The van der Waals surface area contributed by atoms with Crippen LogP contribution in [-0.2, 0) is 6.61 Å². The fraction of sp³-hybridized carbons (Fsp3) is 0.158. The summed E-state index contributed by atoms with van der Waals surface area (Å²) in [6, 6.07) is 12.7. The first kappa shape index (κ1) is 17.2. The van der Waals surface area contributed by atoms with Gasteiger partial charge in [-0.3, -0.25) is 0 Å². The maximum absolute atomic E-state index is 9.13. The Hall–Kier alpha value is -3.66. The molecule has 2 aromatic heterocycles. The van der Waals surface area contributed by atoms with E-state index in [1.807, 2.05) is 30.3 Å². The van der Waals surface area contributed by atoms with Crippen LogP contribution in [0.5, 0.6) is 11.5 Å². The first-order valence-corrected chi connectivity index (χ1v) is 7.85. The van der Waals surface area contributed by atoms with Gasteiger partial charge in [-0.2, -0.15) is 10.2 Å². The summed E-state index contributed by atoms with van der Waals surface area (Å²) < 4.78 is 22.0. The van der Waals surface area contributed by atoms with Crippen molar-refractivity contribution in [2.75, 3.05) is 19.0 Å². The third-order valence-electron chi connectivity index (χ3n) is 3.45. The molecule has 0 saturated carbocycles. The van der Waals surface area contributed by atoms with Crippen LogP contribution in [0.3, 0.4) is 0 Å². The number of oxazole rings is 1. The molecule has 0 saturated heterocycles. The molecule has 0 bridgehead atoms. The Kier molecular flexibility index (Phi) is 5.25. The maximum Gasteiger partial charge on any atom is 0.266 e. The predicted molar refractivity (Wildman–Crippen MR) is 94.9 cm³/mol. The Morgan fingerprint density at radius 1 is 1.19 bits per heavy atom. The van der Waals surface area contributed by atoms with E-state index in [1.54, 1.807) is 25.3 Å². The van der Waals surface area contributed by atoms with Gasteiger partial charge < -0.3 is 23.6 Å². The Morgan fingerprint density at radius 2 is 1.96 bits per heavy atom. The second-order valence-electron chi connectivity index (χ2n) is 5.21. The molecule has 3 rings (SSSR count). The Morgan fingerprint density at radius 3 is 2.65 bits per heavy atom. The lowest BCUT2D eigenvalue weighted by molar-refractivity contribution is 0.270. The number of hydrogen-bond donors (Lipinski definition) is 1. The van der Waals surface area contributed by atoms with Crippen LogP contribution in [0.2, 0.25) is 0 Å². The number of methoxy groups -OCH3 is 1. The van der Waals surface area contributed by atoms with Gasteiger partial charge in [0.25, 0.3) is 5.89 Å². The van der Waals surface area contributed by atoms with E-state index in [-0.39, 0.29) is 24.1 Å². The van der Waals surface area contributed by atoms with Crippen LogP contribution < -0.4 is 14.8 Å². The second-order valence-corrected chi connectivity index (χ2v) is 5.21. The van der Waals surface area contributed by atoms with Crippen LogP contribution >= 0.6 is 0 Å². The lowest BCUT2D eigenvalue weighted by atomic mass is 10.3. The molecule has 0 fully saturated rings. The maximum atomic E-state index is 9.13. The summed E-state index contributed by atoms with van der Waals surface area (Å²) in [5.41, 5.74) is 0.161. The molecule has 2 heterocycles. The smallest absolute Gasteiger partial charge is 0.266 e. The van der Waals surface area contributed by atoms with Gasteiger partial charge in [-0.25, -0.2) is 0 Å². The quantitative estimate of drug-likeness (QED) is 0.613. The fourth-order valence-electron chi connectivity index (χ4n) is 2.18. The van der Waals surface area contributed by atoms with Crippen molar-refractivity contribution in [2.24, 2.45) is 0 Å². The van der Waals surface area contributed by atoms with Crippen molar-refractivity contribution in [2.45, 2.75) is 6.61 Å². The number of nitrogens with one attached hydrogen (secondary N) is 1. The van der Waals surface area contributed by atoms with Crippen molar-refractivity contribution in [1.82, 2.24) is 4.98 Å². The molecule has 0 spiro atoms. The highest BCUT2D eigenvalue weighted by molar-refractivity contribution is 5.54. The van der Waals surface area contributed by atoms with Crippen LogP contribution in [0, 0.1) is 11.3 Å². The molecule has 0 aliphatic heterocycles. The molecule has 0 radical (unpaired) electrons. The highest BCUT2D eigenvalue weighted by Crippen LogP contribution is 2.27. The first-order valence-electron chi connectivity index (χ1n) is 7.85. The molecule has 3 aromatic rings. The number of anilines is 1. The van der Waals surface area contributed by atoms with Gasteiger partial charge in [0, 0.05) is 6.54 Å². The van der Waals surface area contributed by atoms with Gasteiger partial charge in [-0.1, -0.05) is 6.08 Å². The third-order valence-corrected chi connectivity index (χ3v) is 3.45. The van der Waals surface area contributed by atoms with Crippen LogP contribution in [0.25, 0.3) is 11.7 Å². The van der Waals surface area contributed by atoms with Crippen molar-refractivity contribution in [1.29, 1.82) is 5.26 Å². The fourth-order valence-corrected chi connectivity index (χ4v) is 2.18. The van der Waals surface area contributed by atoms with E-state index in [9.17, 15) is 0 Å². The van der Waals surface area contributed by atoms with Gasteiger partial charge in [0.1, 0.15) is 29.9 Å². The van der Waals surface area contributed by atoms with Gasteiger partial charge in [0.2, 0.25) is 11.6 Å². The normalized spacial score (nSPS) is 10.2. The number of rotatable bonds is 8. The largest absolute Gasteiger partial charge is 0.497 e. The summed E-state index contributed by atoms with van der Waals surface area (Å²) in [5, 5.41) is 12.1. The first-order chi connectivity index (χ1) is 12.7. The molecule has 7 nitrogen and oxygen atoms in total. The van der Waals surface area contributed by atoms with Crippen molar-refractivity contribution >= 4 is 5.88 Å². The summed E-state index contributed by atoms with van der Waals surface area (Å²) in [6.45, 7) is 4.32. The molecule has 132 valence electrons. The van der Waals surface area contributed by atoms with E-state index in [0.29, 0.717) is 23.8 Å². The minimum absolute atomic E-state index is 0.161. The SMILES string of the molecule is C=CCNc1oc(-c2ccc(COc3ccc(OC)cc3)o2)nc1C#N. The number of nitriles is 1. The lowest BCUT2D eigenvalue weighted by Crippen LogP contribution is -1.97. The number of nitrogens with zero attached hydrogens (tertiary/aromatic N) is 2. The molecule has 26 heavy (non-hydrogen) atoms. The molecule has 1 aromatic carbocycles. The van der Waals surface area contributed by atoms with Crippen LogP contribution in [0.1, 0.15) is 11.5 Å². The van der Waals surface area contributed by atoms with Gasteiger partial charge in [-0.05, 0) is 36.4 Å². The summed E-state index contributed by atoms with van der Waals surface area (Å²) >= 11 is 0. The van der Waals surface area contributed by atoms with Gasteiger partial charge >= 0.3 is 0 Å². The highest BCUT2D eigenvalue weighted by Gasteiger charge is 2.17. The number of furan rings is 1. The molecular weight excluding hydrogens is 334 g/mol. The summed E-state index contributed by atoms with van der Waals surface area (Å²) in [7, 11) is 1.61. The highest BCUT2D eigenvalue weighted by atomic mass is 16.5. The number of ether oxygens (including phenoxy) is 2. The molecule has 0 aliphatic carbocycles. The van der Waals surface area contributed by atoms with Crippen LogP contribution in [0.15, 0.2) is 57.9 Å². The van der Waals surface area contributed by atoms with Crippen molar-refractivity contribution in [3.63, 3.8) is 0 Å². The molecule has 0 unspecified atom stereocenters. The molecule has 7 heteroatoms. The number of hydrogen-bond acceptors (Lipinski definition) is 7. The van der Waals surface area contributed by atoms with Crippen molar-refractivity contribution < 1.29 is 18.3 Å². The molecule has 0 aliphatic rings. The molecule has 0 atom stereocenters. The van der Waals surface area contributed by atoms with Gasteiger partial charge in [0.05, 0.1) is 7.11 Å². The number of aromatic nitrogens is 1. The van der Waals surface area contributed by atoms with Crippen molar-refractivity contribution in [3.05, 3.63) is 60.5 Å². The molecule has 0 amide bonds. The lowest BCUT2D eigenvalue weighted by Gasteiger charge is -2.05. The van der Waals surface area contributed by atoms with E-state index in [0.717, 1.165) is 5.75 Å². The molecular formula is C19H17N3O4. The Balaban J connectivity index is 1.68. The number of benzene rings is 1. The minimum Gasteiger partial charge on any atom is -0.497 e. The van der Waals surface area contributed by atoms with E-state index >= 15 is 0 Å². The minimum atomic E-state index is 0.161. The van der Waals surface area contributed by atoms with E-state index in [2.05, 4.69) is 16.9 Å². The van der Waals surface area contributed by atoms with Gasteiger partial charge in [-0.15, -0.1) is 6.58 Å². The zero-order valence-electron chi connectivity index (χ0n) is 14.2. The second kappa shape index (κ2) is 7.94. The zero-order valence-corrected chi connectivity index (χ0v) is 14.2. The van der Waals surface area contributed by atoms with Crippen LogP contribution in [0.4, 0.5) is 5.88 Å². The van der Waals surface area contributed by atoms with Gasteiger partial charge in [0.15, 0.2) is 5.76 Å². The van der Waals surface area contributed by atoms with Crippen LogP contribution in [-0.4, -0.2) is 18.6 Å². The standard InChI is InChI=1S/C19H17N3O4/c1-3-10-21-18-16(11-20)22-19(26-18)17-9-8-15(25-17)12-24-14-6-4-13(23-2)5-7-14/h3-9,21H,1,10,12H2,2H3. The van der Waals surface area contributed by atoms with Crippen molar-refractivity contribution in [3.8, 4) is 29.2 Å². The molecule has 1 N–H and O–H groups in total. The summed E-state index contributed by atoms with van der Waals surface area (Å²) in [5.74, 6) is 2.99. The predicted octanol–water partition coefficient (Wildman–Crippen LogP) is 3.99. The van der Waals surface area contributed by atoms with E-state index in [4.69, 9.17) is 23.6 Å². The average molecular weight is 351 g/mol. The summed E-state index contributed by atoms with van der Waals surface area (Å²) in [6.07, 6.45) is 1.66. The zero-order chi connectivity index (χ0) is 18.4. The third kappa shape index (κ3) is 3.87. The topological polar surface area (TPSA) is 93.5 Å². The monoisotopic (exact) mass is 351 g/mol. The van der Waals surface area contributed by atoms with E-state index in [1.165, 1.54) is 0 Å². The average Bonchev–Trinajstić information content (AvgIpc) is 3.31. The Bertz CT molecular complexity index is 919. The Labute approximate surface area is 150 Å². The van der Waals surface area contributed by atoms with E-state index < -0.39 is 0 Å².